The number of halogens is 3. The zero-order chi connectivity index (χ0) is 14.9. The van der Waals surface area contributed by atoms with E-state index < -0.39 is 23.2 Å². The highest BCUT2D eigenvalue weighted by Crippen LogP contribution is 2.26. The molecule has 1 amide bonds. The number of carbonyl (C=O) groups excluding carboxylic acids is 1. The van der Waals surface area contributed by atoms with Gasteiger partial charge in [0.05, 0.1) is 12.6 Å². The first kappa shape index (κ1) is 14.6. The van der Waals surface area contributed by atoms with E-state index >= 15 is 0 Å². The average Bonchev–Trinajstić information content (AvgIpc) is 2.89. The first-order valence-electron chi connectivity index (χ1n) is 5.96. The Hall–Kier alpha value is -1.83. The van der Waals surface area contributed by atoms with Crippen LogP contribution in [0.2, 0.25) is 0 Å². The summed E-state index contributed by atoms with van der Waals surface area (Å²) in [6, 6.07) is 1.46. The van der Waals surface area contributed by atoms with Crippen molar-refractivity contribution < 1.29 is 22.7 Å². The van der Waals surface area contributed by atoms with E-state index in [2.05, 4.69) is 0 Å². The minimum atomic E-state index is -4.74. The number of amides is 1. The highest BCUT2D eigenvalue weighted by molar-refractivity contribution is 5.92. The summed E-state index contributed by atoms with van der Waals surface area (Å²) in [6.07, 6.45) is -4.08. The normalized spacial score (nSPS) is 19.1. The maximum absolute atomic E-state index is 12.5. The van der Waals surface area contributed by atoms with Gasteiger partial charge in [-0.1, -0.05) is 0 Å². The van der Waals surface area contributed by atoms with Gasteiger partial charge in [-0.25, -0.2) is 0 Å². The first-order valence-corrected chi connectivity index (χ1v) is 5.96. The number of rotatable bonds is 2. The lowest BCUT2D eigenvalue weighted by Crippen LogP contribution is -2.38. The van der Waals surface area contributed by atoms with Crippen LogP contribution in [0.3, 0.4) is 0 Å². The molecule has 0 spiro atoms. The standard InChI is InChI=1S/C12H13F3N2O3/c1-17(7-4-5-20-6-7)11(19)9-3-2-8(10(18)16-9)12(13,14)15/h2-3,7H,4-6H2,1H3,(H,16,18). The van der Waals surface area contributed by atoms with E-state index in [9.17, 15) is 22.8 Å². The van der Waals surface area contributed by atoms with Gasteiger partial charge in [-0.05, 0) is 18.6 Å². The third kappa shape index (κ3) is 2.84. The van der Waals surface area contributed by atoms with Crippen LogP contribution in [0.1, 0.15) is 22.5 Å². The molecule has 1 aromatic heterocycles. The van der Waals surface area contributed by atoms with E-state index in [0.717, 1.165) is 6.07 Å². The number of ether oxygens (including phenoxy) is 1. The summed E-state index contributed by atoms with van der Waals surface area (Å²) >= 11 is 0. The van der Waals surface area contributed by atoms with Gasteiger partial charge in [0.25, 0.3) is 11.5 Å². The van der Waals surface area contributed by atoms with E-state index in [1.165, 1.54) is 11.9 Å². The molecule has 8 heteroatoms. The molecule has 0 saturated carbocycles. The van der Waals surface area contributed by atoms with Crippen LogP contribution in [0.4, 0.5) is 13.2 Å². The number of carbonyl (C=O) groups is 1. The first-order chi connectivity index (χ1) is 9.30. The van der Waals surface area contributed by atoms with Gasteiger partial charge in [0.15, 0.2) is 0 Å². The van der Waals surface area contributed by atoms with Crippen molar-refractivity contribution in [2.45, 2.75) is 18.6 Å². The molecule has 1 fully saturated rings. The van der Waals surface area contributed by atoms with Crippen LogP contribution >= 0.6 is 0 Å². The van der Waals surface area contributed by atoms with Crippen LogP contribution < -0.4 is 5.56 Å². The monoisotopic (exact) mass is 290 g/mol. The van der Waals surface area contributed by atoms with Gasteiger partial charge in [-0.15, -0.1) is 0 Å². The van der Waals surface area contributed by atoms with Gasteiger partial charge in [0.2, 0.25) is 0 Å². The molecule has 1 saturated heterocycles. The number of pyridine rings is 1. The minimum absolute atomic E-state index is 0.131. The molecule has 1 aliphatic heterocycles. The molecule has 1 unspecified atom stereocenters. The van der Waals surface area contributed by atoms with Crippen LogP contribution in [-0.4, -0.2) is 42.1 Å². The van der Waals surface area contributed by atoms with Gasteiger partial charge in [0, 0.05) is 13.7 Å². The second kappa shape index (κ2) is 5.28. The number of hydrogen-bond donors (Lipinski definition) is 1. The van der Waals surface area contributed by atoms with Crippen molar-refractivity contribution >= 4 is 5.91 Å². The molecule has 0 radical (unpaired) electrons. The predicted molar refractivity (Wildman–Crippen MR) is 63.4 cm³/mol. The molecule has 1 atom stereocenters. The summed E-state index contributed by atoms with van der Waals surface area (Å²) in [5, 5.41) is 0. The van der Waals surface area contributed by atoms with E-state index in [0.29, 0.717) is 25.7 Å². The Morgan fingerprint density at radius 3 is 2.65 bits per heavy atom. The lowest BCUT2D eigenvalue weighted by atomic mass is 10.2. The third-order valence-electron chi connectivity index (χ3n) is 3.22. The number of alkyl halides is 3. The third-order valence-corrected chi connectivity index (χ3v) is 3.22. The summed E-state index contributed by atoms with van der Waals surface area (Å²) in [6.45, 7) is 0.916. The fraction of sp³-hybridized carbons (Fsp3) is 0.500. The van der Waals surface area contributed by atoms with Crippen molar-refractivity contribution in [3.8, 4) is 0 Å². The Bertz CT molecular complexity index is 562. The second-order valence-corrected chi connectivity index (χ2v) is 4.55. The lowest BCUT2D eigenvalue weighted by Gasteiger charge is -2.23. The van der Waals surface area contributed by atoms with E-state index in [-0.39, 0.29) is 11.7 Å². The van der Waals surface area contributed by atoms with Gasteiger partial charge in [0.1, 0.15) is 11.3 Å². The highest BCUT2D eigenvalue weighted by atomic mass is 19.4. The number of aromatic nitrogens is 1. The van der Waals surface area contributed by atoms with Crippen molar-refractivity contribution in [1.29, 1.82) is 0 Å². The quantitative estimate of drug-likeness (QED) is 0.891. The molecule has 5 nitrogen and oxygen atoms in total. The topological polar surface area (TPSA) is 62.4 Å². The molecule has 20 heavy (non-hydrogen) atoms. The molecule has 1 aromatic rings. The Balaban J connectivity index is 2.23. The largest absolute Gasteiger partial charge is 0.421 e. The Morgan fingerprint density at radius 1 is 1.45 bits per heavy atom. The van der Waals surface area contributed by atoms with Crippen molar-refractivity contribution in [3.05, 3.63) is 33.7 Å². The van der Waals surface area contributed by atoms with Crippen molar-refractivity contribution in [3.63, 3.8) is 0 Å². The lowest BCUT2D eigenvalue weighted by molar-refractivity contribution is -0.138. The van der Waals surface area contributed by atoms with E-state index in [1.54, 1.807) is 0 Å². The Labute approximate surface area is 112 Å². The number of likely N-dealkylation sites (N-methyl/N-ethyl adjacent to an activating group) is 1. The zero-order valence-electron chi connectivity index (χ0n) is 10.7. The van der Waals surface area contributed by atoms with E-state index in [1.807, 2.05) is 4.98 Å². The predicted octanol–water partition coefficient (Wildman–Crippen LogP) is 1.25. The summed E-state index contributed by atoms with van der Waals surface area (Å²) in [5.74, 6) is -0.536. The number of nitrogens with zero attached hydrogens (tertiary/aromatic N) is 1. The molecule has 0 bridgehead atoms. The van der Waals surface area contributed by atoms with Gasteiger partial charge < -0.3 is 14.6 Å². The maximum Gasteiger partial charge on any atom is 0.421 e. The maximum atomic E-state index is 12.5. The molecule has 0 aromatic carbocycles. The van der Waals surface area contributed by atoms with Gasteiger partial charge in [-0.3, -0.25) is 9.59 Å². The zero-order valence-corrected chi connectivity index (χ0v) is 10.7. The fourth-order valence-corrected chi connectivity index (χ4v) is 2.00. The van der Waals surface area contributed by atoms with Crippen molar-refractivity contribution in [2.75, 3.05) is 20.3 Å². The molecule has 2 heterocycles. The molecule has 0 aliphatic carbocycles. The summed E-state index contributed by atoms with van der Waals surface area (Å²) in [5.41, 5.74) is -2.81. The summed E-state index contributed by atoms with van der Waals surface area (Å²) in [4.78, 5) is 26.8. The summed E-state index contributed by atoms with van der Waals surface area (Å²) in [7, 11) is 1.53. The molecular weight excluding hydrogens is 277 g/mol. The van der Waals surface area contributed by atoms with Crippen molar-refractivity contribution in [2.24, 2.45) is 0 Å². The van der Waals surface area contributed by atoms with Gasteiger partial charge in [-0.2, -0.15) is 13.2 Å². The second-order valence-electron chi connectivity index (χ2n) is 4.55. The number of aromatic amines is 1. The summed E-state index contributed by atoms with van der Waals surface area (Å²) < 4.78 is 42.5. The Morgan fingerprint density at radius 2 is 2.15 bits per heavy atom. The molecular formula is C12H13F3N2O3. The average molecular weight is 290 g/mol. The van der Waals surface area contributed by atoms with Crippen LogP contribution in [-0.2, 0) is 10.9 Å². The van der Waals surface area contributed by atoms with E-state index in [4.69, 9.17) is 4.74 Å². The van der Waals surface area contributed by atoms with Crippen LogP contribution in [0.25, 0.3) is 0 Å². The number of H-pyrrole nitrogens is 1. The SMILES string of the molecule is CN(C(=O)c1ccc(C(F)(F)F)c(=O)[nH]1)C1CCOC1. The van der Waals surface area contributed by atoms with Crippen molar-refractivity contribution in [1.82, 2.24) is 9.88 Å². The Kier molecular flexibility index (Phi) is 3.85. The molecule has 1 N–H and O–H groups in total. The smallest absolute Gasteiger partial charge is 0.379 e. The van der Waals surface area contributed by atoms with Gasteiger partial charge >= 0.3 is 6.18 Å². The van der Waals surface area contributed by atoms with Crippen LogP contribution in [0.15, 0.2) is 16.9 Å². The molecule has 1 aliphatic rings. The molecule has 2 rings (SSSR count). The number of nitrogens with one attached hydrogen (secondary N) is 1. The number of hydrogen-bond acceptors (Lipinski definition) is 3. The molecule has 110 valence electrons. The van der Waals surface area contributed by atoms with Crippen LogP contribution in [0, 0.1) is 0 Å². The van der Waals surface area contributed by atoms with Crippen LogP contribution in [0.5, 0.6) is 0 Å². The fourth-order valence-electron chi connectivity index (χ4n) is 2.00. The minimum Gasteiger partial charge on any atom is -0.379 e. The highest BCUT2D eigenvalue weighted by Gasteiger charge is 2.34.